The SMILES string of the molecule is COc1cccc(C(NN)c2cc(OC)n(C)n2)c1. The molecule has 1 aromatic carbocycles. The molecular formula is C13H18N4O2. The first-order valence-corrected chi connectivity index (χ1v) is 5.87. The first-order chi connectivity index (χ1) is 9.19. The molecule has 3 N–H and O–H groups in total. The Hall–Kier alpha value is -2.05. The monoisotopic (exact) mass is 262 g/mol. The molecule has 2 aromatic rings. The molecule has 0 aliphatic heterocycles. The van der Waals surface area contributed by atoms with E-state index in [1.165, 1.54) is 0 Å². The Morgan fingerprint density at radius 1 is 1.26 bits per heavy atom. The van der Waals surface area contributed by atoms with Crippen LogP contribution in [0.5, 0.6) is 11.6 Å². The van der Waals surface area contributed by atoms with Crippen LogP contribution in [0.25, 0.3) is 0 Å². The van der Waals surface area contributed by atoms with E-state index in [1.54, 1.807) is 18.9 Å². The second-order valence-corrected chi connectivity index (χ2v) is 4.11. The smallest absolute Gasteiger partial charge is 0.211 e. The molecule has 0 saturated carbocycles. The van der Waals surface area contributed by atoms with Crippen molar-refractivity contribution in [3.05, 3.63) is 41.6 Å². The average molecular weight is 262 g/mol. The van der Waals surface area contributed by atoms with E-state index in [2.05, 4.69) is 10.5 Å². The predicted molar refractivity (Wildman–Crippen MR) is 71.9 cm³/mol. The van der Waals surface area contributed by atoms with Crippen LogP contribution in [0.4, 0.5) is 0 Å². The van der Waals surface area contributed by atoms with Crippen LogP contribution < -0.4 is 20.7 Å². The van der Waals surface area contributed by atoms with Gasteiger partial charge < -0.3 is 9.47 Å². The molecule has 0 aliphatic rings. The van der Waals surface area contributed by atoms with E-state index in [9.17, 15) is 0 Å². The number of nitrogens with two attached hydrogens (primary N) is 1. The van der Waals surface area contributed by atoms with Gasteiger partial charge in [-0.05, 0) is 17.7 Å². The summed E-state index contributed by atoms with van der Waals surface area (Å²) in [5, 5.41) is 4.39. The minimum absolute atomic E-state index is 0.217. The normalized spacial score (nSPS) is 12.2. The maximum absolute atomic E-state index is 5.65. The summed E-state index contributed by atoms with van der Waals surface area (Å²) in [5.74, 6) is 7.11. The highest BCUT2D eigenvalue weighted by Gasteiger charge is 2.18. The number of hydrogen-bond acceptors (Lipinski definition) is 5. The summed E-state index contributed by atoms with van der Waals surface area (Å²) < 4.78 is 12.1. The van der Waals surface area contributed by atoms with E-state index in [-0.39, 0.29) is 6.04 Å². The predicted octanol–water partition coefficient (Wildman–Crippen LogP) is 0.990. The molecule has 19 heavy (non-hydrogen) atoms. The topological polar surface area (TPSA) is 74.3 Å². The van der Waals surface area contributed by atoms with Gasteiger partial charge in [-0.15, -0.1) is 0 Å². The molecule has 0 bridgehead atoms. The number of methoxy groups -OCH3 is 2. The number of rotatable bonds is 5. The first-order valence-electron chi connectivity index (χ1n) is 5.87. The fourth-order valence-corrected chi connectivity index (χ4v) is 1.98. The van der Waals surface area contributed by atoms with Crippen LogP contribution >= 0.6 is 0 Å². The Morgan fingerprint density at radius 2 is 2.05 bits per heavy atom. The number of benzene rings is 1. The van der Waals surface area contributed by atoms with Gasteiger partial charge >= 0.3 is 0 Å². The molecule has 102 valence electrons. The van der Waals surface area contributed by atoms with Crippen molar-refractivity contribution in [1.82, 2.24) is 15.2 Å². The molecule has 0 amide bonds. The third kappa shape index (κ3) is 2.69. The maximum Gasteiger partial charge on any atom is 0.211 e. The van der Waals surface area contributed by atoms with Crippen molar-refractivity contribution in [1.29, 1.82) is 0 Å². The Bertz CT molecular complexity index is 553. The average Bonchev–Trinajstić information content (AvgIpc) is 2.81. The van der Waals surface area contributed by atoms with Crippen LogP contribution in [0.15, 0.2) is 30.3 Å². The summed E-state index contributed by atoms with van der Waals surface area (Å²) in [6.07, 6.45) is 0. The Morgan fingerprint density at radius 3 is 2.63 bits per heavy atom. The Labute approximate surface area is 112 Å². The van der Waals surface area contributed by atoms with Crippen LogP contribution in [0.2, 0.25) is 0 Å². The molecule has 1 unspecified atom stereocenters. The van der Waals surface area contributed by atoms with E-state index in [4.69, 9.17) is 15.3 Å². The highest BCUT2D eigenvalue weighted by atomic mass is 16.5. The molecule has 1 heterocycles. The van der Waals surface area contributed by atoms with Crippen LogP contribution in [0.3, 0.4) is 0 Å². The first kappa shape index (κ1) is 13.4. The van der Waals surface area contributed by atoms with Crippen molar-refractivity contribution in [2.75, 3.05) is 14.2 Å². The van der Waals surface area contributed by atoms with Crippen molar-refractivity contribution < 1.29 is 9.47 Å². The number of ether oxygens (including phenoxy) is 2. The van der Waals surface area contributed by atoms with Gasteiger partial charge in [-0.3, -0.25) is 5.84 Å². The zero-order valence-electron chi connectivity index (χ0n) is 11.3. The standard InChI is InChI=1S/C13H18N4O2/c1-17-12(19-3)8-11(16-17)13(15-14)9-5-4-6-10(7-9)18-2/h4-8,13,15H,14H2,1-3H3. The van der Waals surface area contributed by atoms with Gasteiger partial charge in [-0.1, -0.05) is 12.1 Å². The zero-order chi connectivity index (χ0) is 13.8. The molecule has 1 atom stereocenters. The van der Waals surface area contributed by atoms with Gasteiger partial charge in [0, 0.05) is 13.1 Å². The number of hydrogen-bond donors (Lipinski definition) is 2. The van der Waals surface area contributed by atoms with Crippen LogP contribution in [-0.4, -0.2) is 24.0 Å². The van der Waals surface area contributed by atoms with Crippen LogP contribution in [0, 0.1) is 0 Å². The Kier molecular flexibility index (Phi) is 4.03. The fourth-order valence-electron chi connectivity index (χ4n) is 1.98. The number of nitrogens with zero attached hydrogens (tertiary/aromatic N) is 2. The van der Waals surface area contributed by atoms with Gasteiger partial charge in [0.05, 0.1) is 26.0 Å². The third-order valence-electron chi connectivity index (χ3n) is 2.95. The minimum Gasteiger partial charge on any atom is -0.497 e. The fraction of sp³-hybridized carbons (Fsp3) is 0.308. The Balaban J connectivity index is 2.37. The number of nitrogens with one attached hydrogen (secondary N) is 1. The highest BCUT2D eigenvalue weighted by Crippen LogP contribution is 2.25. The molecule has 0 fully saturated rings. The van der Waals surface area contributed by atoms with Gasteiger partial charge in [-0.25, -0.2) is 10.1 Å². The van der Waals surface area contributed by atoms with E-state index in [0.29, 0.717) is 5.88 Å². The maximum atomic E-state index is 5.65. The van der Waals surface area contributed by atoms with Gasteiger partial charge in [-0.2, -0.15) is 5.10 Å². The summed E-state index contributed by atoms with van der Waals surface area (Å²) >= 11 is 0. The number of aryl methyl sites for hydroxylation is 1. The lowest BCUT2D eigenvalue weighted by Crippen LogP contribution is -2.29. The molecule has 0 radical (unpaired) electrons. The van der Waals surface area contributed by atoms with Crippen molar-refractivity contribution >= 4 is 0 Å². The van der Waals surface area contributed by atoms with E-state index in [1.807, 2.05) is 37.4 Å². The second kappa shape index (κ2) is 5.73. The van der Waals surface area contributed by atoms with Gasteiger partial charge in [0.1, 0.15) is 5.75 Å². The van der Waals surface area contributed by atoms with Gasteiger partial charge in [0.2, 0.25) is 5.88 Å². The highest BCUT2D eigenvalue weighted by molar-refractivity contribution is 5.35. The molecule has 6 nitrogen and oxygen atoms in total. The summed E-state index contributed by atoms with van der Waals surface area (Å²) in [7, 11) is 5.06. The van der Waals surface area contributed by atoms with Crippen molar-refractivity contribution in [2.45, 2.75) is 6.04 Å². The van der Waals surface area contributed by atoms with Crippen molar-refractivity contribution in [3.8, 4) is 11.6 Å². The lowest BCUT2D eigenvalue weighted by atomic mass is 10.0. The molecule has 6 heteroatoms. The largest absolute Gasteiger partial charge is 0.497 e. The quantitative estimate of drug-likeness (QED) is 0.621. The summed E-state index contributed by atoms with van der Waals surface area (Å²) in [6, 6.07) is 9.32. The van der Waals surface area contributed by atoms with E-state index < -0.39 is 0 Å². The molecule has 1 aromatic heterocycles. The number of aromatic nitrogens is 2. The van der Waals surface area contributed by atoms with E-state index >= 15 is 0 Å². The molecule has 0 spiro atoms. The molecule has 0 saturated heterocycles. The van der Waals surface area contributed by atoms with Crippen molar-refractivity contribution in [3.63, 3.8) is 0 Å². The third-order valence-corrected chi connectivity index (χ3v) is 2.95. The van der Waals surface area contributed by atoms with Crippen LogP contribution in [-0.2, 0) is 7.05 Å². The lowest BCUT2D eigenvalue weighted by molar-refractivity contribution is 0.373. The van der Waals surface area contributed by atoms with E-state index in [0.717, 1.165) is 17.0 Å². The summed E-state index contributed by atoms with van der Waals surface area (Å²) in [6.45, 7) is 0. The second-order valence-electron chi connectivity index (χ2n) is 4.11. The van der Waals surface area contributed by atoms with Crippen LogP contribution in [0.1, 0.15) is 17.3 Å². The van der Waals surface area contributed by atoms with Crippen molar-refractivity contribution in [2.24, 2.45) is 12.9 Å². The lowest BCUT2D eigenvalue weighted by Gasteiger charge is -2.14. The van der Waals surface area contributed by atoms with Gasteiger partial charge in [0.15, 0.2) is 0 Å². The molecular weight excluding hydrogens is 244 g/mol. The summed E-state index contributed by atoms with van der Waals surface area (Å²) in [4.78, 5) is 0. The summed E-state index contributed by atoms with van der Waals surface area (Å²) in [5.41, 5.74) is 4.53. The molecule has 2 rings (SSSR count). The zero-order valence-corrected chi connectivity index (χ0v) is 11.3. The number of hydrazine groups is 1. The molecule has 0 aliphatic carbocycles. The van der Waals surface area contributed by atoms with Gasteiger partial charge in [0.25, 0.3) is 0 Å². The minimum atomic E-state index is -0.217.